The molecule has 0 saturated heterocycles. The van der Waals surface area contributed by atoms with Crippen molar-refractivity contribution < 1.29 is 14.6 Å². The number of halogens is 1. The molecule has 0 aliphatic heterocycles. The number of anilines is 1. The summed E-state index contributed by atoms with van der Waals surface area (Å²) in [5.74, 6) is 1.41. The maximum Gasteiger partial charge on any atom is 0.193 e. The Morgan fingerprint density at radius 2 is 1.88 bits per heavy atom. The molecule has 0 saturated carbocycles. The first-order chi connectivity index (χ1) is 11.1. The number of aromatic nitrogens is 1. The summed E-state index contributed by atoms with van der Waals surface area (Å²) in [6.45, 7) is 0.149. The predicted molar refractivity (Wildman–Crippen MR) is 104 cm³/mol. The summed E-state index contributed by atoms with van der Waals surface area (Å²) in [4.78, 5) is 8.04. The smallest absolute Gasteiger partial charge is 0.193 e. The monoisotopic (exact) mass is 444 g/mol. The van der Waals surface area contributed by atoms with E-state index in [1.54, 1.807) is 56.9 Å². The van der Waals surface area contributed by atoms with E-state index in [0.717, 1.165) is 5.56 Å². The molecule has 2 aromatic rings. The van der Waals surface area contributed by atoms with E-state index in [1.807, 2.05) is 0 Å². The van der Waals surface area contributed by atoms with Gasteiger partial charge in [-0.05, 0) is 29.8 Å². The number of rotatable bonds is 6. The summed E-state index contributed by atoms with van der Waals surface area (Å²) in [6.07, 6.45) is 2.50. The van der Waals surface area contributed by atoms with Crippen molar-refractivity contribution in [1.29, 1.82) is 0 Å². The van der Waals surface area contributed by atoms with Crippen molar-refractivity contribution in [3.63, 3.8) is 0 Å². The van der Waals surface area contributed by atoms with Crippen molar-refractivity contribution in [2.75, 3.05) is 26.1 Å². The Balaban J connectivity index is 0.00000288. The maximum atomic E-state index is 10.0. The van der Waals surface area contributed by atoms with Gasteiger partial charge in [-0.2, -0.15) is 0 Å². The summed E-state index contributed by atoms with van der Waals surface area (Å²) < 4.78 is 10.4. The van der Waals surface area contributed by atoms with Gasteiger partial charge < -0.3 is 25.6 Å². The van der Waals surface area contributed by atoms with Crippen molar-refractivity contribution in [3.05, 3.63) is 48.3 Å². The highest BCUT2D eigenvalue weighted by Crippen LogP contribution is 2.29. The number of nitrogens with zero attached hydrogens (tertiary/aromatic N) is 2. The highest BCUT2D eigenvalue weighted by molar-refractivity contribution is 14.0. The SMILES string of the molecule is COc1ccc(NC(N)=NCC(O)c2ccncc2)cc1OC.I. The van der Waals surface area contributed by atoms with Crippen LogP contribution in [0.15, 0.2) is 47.7 Å². The lowest BCUT2D eigenvalue weighted by molar-refractivity contribution is 0.187. The van der Waals surface area contributed by atoms with Crippen molar-refractivity contribution in [2.24, 2.45) is 10.7 Å². The number of ether oxygens (including phenoxy) is 2. The fourth-order valence-electron chi connectivity index (χ4n) is 1.98. The molecule has 4 N–H and O–H groups in total. The molecule has 0 radical (unpaired) electrons. The Morgan fingerprint density at radius 1 is 1.21 bits per heavy atom. The Labute approximate surface area is 157 Å². The van der Waals surface area contributed by atoms with Gasteiger partial charge in [0.15, 0.2) is 17.5 Å². The molecular formula is C16H21IN4O3. The minimum Gasteiger partial charge on any atom is -0.493 e. The van der Waals surface area contributed by atoms with Crippen LogP contribution in [0.1, 0.15) is 11.7 Å². The maximum absolute atomic E-state index is 10.0. The van der Waals surface area contributed by atoms with Crippen molar-refractivity contribution >= 4 is 35.6 Å². The minimum atomic E-state index is -0.733. The molecule has 0 aliphatic rings. The number of aliphatic hydroxyl groups excluding tert-OH is 1. The van der Waals surface area contributed by atoms with Crippen LogP contribution in [-0.4, -0.2) is 36.8 Å². The lowest BCUT2D eigenvalue weighted by atomic mass is 10.1. The van der Waals surface area contributed by atoms with E-state index in [0.29, 0.717) is 17.2 Å². The molecule has 0 amide bonds. The average Bonchev–Trinajstić information content (AvgIpc) is 2.60. The molecule has 130 valence electrons. The summed E-state index contributed by atoms with van der Waals surface area (Å²) >= 11 is 0. The summed E-state index contributed by atoms with van der Waals surface area (Å²) in [5.41, 5.74) is 7.29. The minimum absolute atomic E-state index is 0. The van der Waals surface area contributed by atoms with Crippen LogP contribution < -0.4 is 20.5 Å². The Bertz CT molecular complexity index is 668. The second-order valence-corrected chi connectivity index (χ2v) is 4.72. The molecule has 1 unspecified atom stereocenters. The van der Waals surface area contributed by atoms with Gasteiger partial charge in [0.05, 0.1) is 26.9 Å². The molecule has 1 atom stereocenters. The molecule has 7 nitrogen and oxygen atoms in total. The standard InChI is InChI=1S/C16H20N4O3.HI/c1-22-14-4-3-12(9-15(14)23-2)20-16(17)19-10-13(21)11-5-7-18-8-6-11;/h3-9,13,21H,10H2,1-2H3,(H3,17,19,20);1H. The van der Waals surface area contributed by atoms with Gasteiger partial charge in [-0.25, -0.2) is 0 Å². The molecule has 1 aromatic heterocycles. The number of nitrogens with two attached hydrogens (primary N) is 1. The zero-order valence-corrected chi connectivity index (χ0v) is 15.8. The van der Waals surface area contributed by atoms with E-state index in [4.69, 9.17) is 15.2 Å². The Kier molecular flexibility index (Phi) is 8.27. The zero-order chi connectivity index (χ0) is 16.7. The first-order valence-electron chi connectivity index (χ1n) is 7.01. The van der Waals surface area contributed by atoms with Crippen molar-refractivity contribution in [2.45, 2.75) is 6.10 Å². The lowest BCUT2D eigenvalue weighted by Gasteiger charge is -2.12. The number of hydrogen-bond donors (Lipinski definition) is 3. The Hall–Kier alpha value is -2.07. The van der Waals surface area contributed by atoms with Crippen molar-refractivity contribution in [3.8, 4) is 11.5 Å². The molecule has 1 aromatic carbocycles. The zero-order valence-electron chi connectivity index (χ0n) is 13.5. The van der Waals surface area contributed by atoms with Gasteiger partial charge in [0, 0.05) is 24.1 Å². The van der Waals surface area contributed by atoms with E-state index >= 15 is 0 Å². The number of pyridine rings is 1. The topological polar surface area (TPSA) is 102 Å². The second kappa shape index (κ2) is 9.93. The third-order valence-electron chi connectivity index (χ3n) is 3.18. The van der Waals surface area contributed by atoms with E-state index in [1.165, 1.54) is 0 Å². The van der Waals surface area contributed by atoms with Gasteiger partial charge in [0.1, 0.15) is 0 Å². The number of nitrogens with one attached hydrogen (secondary N) is 1. The van der Waals surface area contributed by atoms with Gasteiger partial charge in [-0.15, -0.1) is 24.0 Å². The highest BCUT2D eigenvalue weighted by atomic mass is 127. The number of hydrogen-bond acceptors (Lipinski definition) is 5. The lowest BCUT2D eigenvalue weighted by Crippen LogP contribution is -2.23. The van der Waals surface area contributed by atoms with E-state index in [-0.39, 0.29) is 36.5 Å². The van der Waals surface area contributed by atoms with Crippen LogP contribution in [0.25, 0.3) is 0 Å². The first kappa shape index (κ1) is 20.0. The van der Waals surface area contributed by atoms with Crippen LogP contribution in [0.5, 0.6) is 11.5 Å². The van der Waals surface area contributed by atoms with E-state index in [2.05, 4.69) is 15.3 Å². The summed E-state index contributed by atoms with van der Waals surface area (Å²) in [5, 5.41) is 13.0. The molecule has 24 heavy (non-hydrogen) atoms. The van der Waals surface area contributed by atoms with E-state index in [9.17, 15) is 5.11 Å². The van der Waals surface area contributed by atoms with Gasteiger partial charge in [-0.1, -0.05) is 0 Å². The number of methoxy groups -OCH3 is 2. The molecule has 2 rings (SSSR count). The van der Waals surface area contributed by atoms with Crippen molar-refractivity contribution in [1.82, 2.24) is 4.98 Å². The number of aliphatic imine (C=N–C) groups is 1. The quantitative estimate of drug-likeness (QED) is 0.359. The molecule has 0 spiro atoms. The highest BCUT2D eigenvalue weighted by Gasteiger charge is 2.07. The average molecular weight is 444 g/mol. The van der Waals surface area contributed by atoms with Crippen LogP contribution in [0.3, 0.4) is 0 Å². The molecule has 0 bridgehead atoms. The van der Waals surface area contributed by atoms with Gasteiger partial charge in [0.2, 0.25) is 0 Å². The fourth-order valence-corrected chi connectivity index (χ4v) is 1.98. The van der Waals surface area contributed by atoms with Gasteiger partial charge in [0.25, 0.3) is 0 Å². The first-order valence-corrected chi connectivity index (χ1v) is 7.01. The van der Waals surface area contributed by atoms with Crippen LogP contribution in [0.4, 0.5) is 5.69 Å². The van der Waals surface area contributed by atoms with Crippen LogP contribution in [0, 0.1) is 0 Å². The van der Waals surface area contributed by atoms with Gasteiger partial charge in [-0.3, -0.25) is 9.98 Å². The predicted octanol–water partition coefficient (Wildman–Crippen LogP) is 2.18. The Morgan fingerprint density at radius 3 is 2.50 bits per heavy atom. The van der Waals surface area contributed by atoms with E-state index < -0.39 is 6.10 Å². The normalized spacial score (nSPS) is 12.0. The van der Waals surface area contributed by atoms with Crippen LogP contribution in [-0.2, 0) is 0 Å². The largest absolute Gasteiger partial charge is 0.493 e. The number of guanidine groups is 1. The van der Waals surface area contributed by atoms with Gasteiger partial charge >= 0.3 is 0 Å². The summed E-state index contributed by atoms with van der Waals surface area (Å²) in [6, 6.07) is 8.78. The third-order valence-corrected chi connectivity index (χ3v) is 3.18. The number of benzene rings is 1. The molecule has 0 aliphatic carbocycles. The second-order valence-electron chi connectivity index (χ2n) is 4.72. The molecular weight excluding hydrogens is 423 g/mol. The summed E-state index contributed by atoms with van der Waals surface area (Å²) in [7, 11) is 3.13. The molecule has 0 fully saturated rings. The molecule has 8 heteroatoms. The fraction of sp³-hybridized carbons (Fsp3) is 0.250. The van der Waals surface area contributed by atoms with Crippen LogP contribution in [0.2, 0.25) is 0 Å². The van der Waals surface area contributed by atoms with Crippen LogP contribution >= 0.6 is 24.0 Å². The molecule has 1 heterocycles. The number of aliphatic hydroxyl groups is 1. The third kappa shape index (κ3) is 5.53.